The fourth-order valence-electron chi connectivity index (χ4n) is 0.386. The molecule has 0 aromatic carbocycles. The van der Waals surface area contributed by atoms with Crippen LogP contribution in [0.2, 0.25) is 0 Å². The van der Waals surface area contributed by atoms with E-state index < -0.39 is 0 Å². The zero-order valence-electron chi connectivity index (χ0n) is 5.43. The van der Waals surface area contributed by atoms with Crippen LogP contribution in [0.3, 0.4) is 0 Å². The normalized spacial score (nSPS) is 10.1. The molecule has 0 fully saturated rings. The fourth-order valence-corrected chi connectivity index (χ4v) is 0.386. The maximum atomic E-state index is 4.08. The lowest BCUT2D eigenvalue weighted by Crippen LogP contribution is -1.76. The first-order chi connectivity index (χ1) is 3.91. The fraction of sp³-hybridized carbons (Fsp3) is 0.571. The van der Waals surface area contributed by atoms with Crippen molar-refractivity contribution < 1.29 is 0 Å². The van der Waals surface area contributed by atoms with Crippen LogP contribution < -0.4 is 0 Å². The summed E-state index contributed by atoms with van der Waals surface area (Å²) in [6.45, 7) is 6.57. The van der Waals surface area contributed by atoms with Gasteiger partial charge in [0.25, 0.3) is 0 Å². The highest BCUT2D eigenvalue weighted by molar-refractivity contribution is 5.56. The van der Waals surface area contributed by atoms with E-state index in [-0.39, 0.29) is 0 Å². The molecular weight excluding hydrogens is 98.1 g/mol. The molecule has 0 heterocycles. The van der Waals surface area contributed by atoms with Crippen LogP contribution >= 0.6 is 0 Å². The van der Waals surface area contributed by atoms with Gasteiger partial charge in [-0.1, -0.05) is 13.0 Å². The lowest BCUT2D eigenvalue weighted by atomic mass is 10.4. The molecule has 0 atom stereocenters. The molecule has 0 unspecified atom stereocenters. The molecule has 1 nitrogen and oxygen atoms in total. The number of hydrogen-bond acceptors (Lipinski definition) is 1. The molecule has 0 aromatic heterocycles. The summed E-state index contributed by atoms with van der Waals surface area (Å²) in [4.78, 5) is 4.08. The Morgan fingerprint density at radius 2 is 2.38 bits per heavy atom. The molecule has 0 spiro atoms. The molecule has 0 amide bonds. The summed E-state index contributed by atoms with van der Waals surface area (Å²) in [6, 6.07) is 0. The molecule has 0 aliphatic rings. The minimum atomic E-state index is 0.900. The molecule has 0 radical (unpaired) electrons. The molecule has 1 heteroatoms. The Hall–Kier alpha value is -0.590. The predicted molar refractivity (Wildman–Crippen MR) is 38.5 cm³/mol. The molecule has 0 rings (SSSR count). The van der Waals surface area contributed by atoms with Crippen molar-refractivity contribution in [3.8, 4) is 0 Å². The van der Waals surface area contributed by atoms with Crippen LogP contribution in [0.5, 0.6) is 0 Å². The second-order valence-corrected chi connectivity index (χ2v) is 1.57. The van der Waals surface area contributed by atoms with Gasteiger partial charge in [-0.3, -0.25) is 4.99 Å². The summed E-state index contributed by atoms with van der Waals surface area (Å²) in [5.74, 6) is 0. The molecule has 8 heavy (non-hydrogen) atoms. The van der Waals surface area contributed by atoms with E-state index in [1.807, 2.05) is 12.3 Å². The van der Waals surface area contributed by atoms with Gasteiger partial charge in [0.1, 0.15) is 0 Å². The van der Waals surface area contributed by atoms with Gasteiger partial charge in [0, 0.05) is 6.54 Å². The van der Waals surface area contributed by atoms with Gasteiger partial charge in [-0.25, -0.2) is 0 Å². The standard InChI is InChI=1S/C7H13N/c1-3-5-7-8-6-4-2/h3,6H,1,4-5,7H2,2H3. The molecule has 46 valence electrons. The highest BCUT2D eigenvalue weighted by atomic mass is 14.7. The number of hydrogen-bond donors (Lipinski definition) is 0. The maximum Gasteiger partial charge on any atom is 0.0419 e. The van der Waals surface area contributed by atoms with Crippen LogP contribution in [0.15, 0.2) is 17.6 Å². The largest absolute Gasteiger partial charge is 0.297 e. The van der Waals surface area contributed by atoms with Crippen LogP contribution in [0.25, 0.3) is 0 Å². The number of rotatable bonds is 4. The average Bonchev–Trinajstić information content (AvgIpc) is 1.81. The summed E-state index contributed by atoms with van der Waals surface area (Å²) >= 11 is 0. The van der Waals surface area contributed by atoms with Gasteiger partial charge in [0.15, 0.2) is 0 Å². The molecule has 0 aliphatic heterocycles. The van der Waals surface area contributed by atoms with Crippen molar-refractivity contribution in [2.75, 3.05) is 6.54 Å². The third kappa shape index (κ3) is 5.41. The molecule has 0 aromatic rings. The Morgan fingerprint density at radius 3 is 2.88 bits per heavy atom. The Balaban J connectivity index is 2.90. The van der Waals surface area contributed by atoms with E-state index in [2.05, 4.69) is 18.5 Å². The van der Waals surface area contributed by atoms with Gasteiger partial charge >= 0.3 is 0 Å². The SMILES string of the molecule is C=CCCN=CCC. The van der Waals surface area contributed by atoms with E-state index in [9.17, 15) is 0 Å². The van der Waals surface area contributed by atoms with E-state index in [1.54, 1.807) is 0 Å². The Bertz CT molecular complexity index is 74.5. The lowest BCUT2D eigenvalue weighted by Gasteiger charge is -1.82. The highest BCUT2D eigenvalue weighted by Crippen LogP contribution is 1.79. The first-order valence-corrected chi connectivity index (χ1v) is 3.01. The van der Waals surface area contributed by atoms with Crippen molar-refractivity contribution in [3.05, 3.63) is 12.7 Å². The second kappa shape index (κ2) is 6.41. The predicted octanol–water partition coefficient (Wildman–Crippen LogP) is 2.04. The van der Waals surface area contributed by atoms with E-state index in [0.717, 1.165) is 19.4 Å². The zero-order valence-corrected chi connectivity index (χ0v) is 5.43. The minimum absolute atomic E-state index is 0.900. The van der Waals surface area contributed by atoms with E-state index >= 15 is 0 Å². The summed E-state index contributed by atoms with van der Waals surface area (Å²) in [5.41, 5.74) is 0. The lowest BCUT2D eigenvalue weighted by molar-refractivity contribution is 1.01. The van der Waals surface area contributed by atoms with Crippen molar-refractivity contribution >= 4 is 6.21 Å². The van der Waals surface area contributed by atoms with Crippen molar-refractivity contribution in [2.24, 2.45) is 4.99 Å². The Kier molecular flexibility index (Phi) is 5.94. The third-order valence-electron chi connectivity index (χ3n) is 0.774. The van der Waals surface area contributed by atoms with Crippen LogP contribution in [-0.2, 0) is 0 Å². The van der Waals surface area contributed by atoms with Crippen molar-refractivity contribution in [2.45, 2.75) is 19.8 Å². The van der Waals surface area contributed by atoms with Gasteiger partial charge in [0.05, 0.1) is 0 Å². The van der Waals surface area contributed by atoms with E-state index in [0.29, 0.717) is 0 Å². The first kappa shape index (κ1) is 7.41. The Labute approximate surface area is 51.1 Å². The van der Waals surface area contributed by atoms with Crippen molar-refractivity contribution in [3.63, 3.8) is 0 Å². The minimum Gasteiger partial charge on any atom is -0.297 e. The number of aliphatic imine (C=N–C) groups is 1. The topological polar surface area (TPSA) is 12.4 Å². The van der Waals surface area contributed by atoms with Crippen LogP contribution in [-0.4, -0.2) is 12.8 Å². The van der Waals surface area contributed by atoms with Crippen molar-refractivity contribution in [1.29, 1.82) is 0 Å². The molecule has 0 aliphatic carbocycles. The highest BCUT2D eigenvalue weighted by Gasteiger charge is 1.71. The van der Waals surface area contributed by atoms with Gasteiger partial charge in [-0.05, 0) is 19.1 Å². The third-order valence-corrected chi connectivity index (χ3v) is 0.774. The van der Waals surface area contributed by atoms with E-state index in [4.69, 9.17) is 0 Å². The first-order valence-electron chi connectivity index (χ1n) is 3.01. The van der Waals surface area contributed by atoms with Crippen LogP contribution in [0, 0.1) is 0 Å². The van der Waals surface area contributed by atoms with E-state index in [1.165, 1.54) is 0 Å². The number of nitrogens with zero attached hydrogens (tertiary/aromatic N) is 1. The van der Waals surface area contributed by atoms with Crippen LogP contribution in [0.4, 0.5) is 0 Å². The van der Waals surface area contributed by atoms with Crippen molar-refractivity contribution in [1.82, 2.24) is 0 Å². The summed E-state index contributed by atoms with van der Waals surface area (Å²) in [6.07, 6.45) is 5.85. The van der Waals surface area contributed by atoms with Gasteiger partial charge < -0.3 is 0 Å². The smallest absolute Gasteiger partial charge is 0.0419 e. The Morgan fingerprint density at radius 1 is 1.62 bits per heavy atom. The quantitative estimate of drug-likeness (QED) is 0.299. The summed E-state index contributed by atoms with van der Waals surface area (Å²) in [7, 11) is 0. The van der Waals surface area contributed by atoms with Crippen LogP contribution in [0.1, 0.15) is 19.8 Å². The van der Waals surface area contributed by atoms with Gasteiger partial charge in [-0.2, -0.15) is 0 Å². The monoisotopic (exact) mass is 111 g/mol. The zero-order chi connectivity index (χ0) is 6.24. The van der Waals surface area contributed by atoms with Gasteiger partial charge in [-0.15, -0.1) is 6.58 Å². The average molecular weight is 111 g/mol. The second-order valence-electron chi connectivity index (χ2n) is 1.57. The van der Waals surface area contributed by atoms with Gasteiger partial charge in [0.2, 0.25) is 0 Å². The maximum absolute atomic E-state index is 4.08. The molecular formula is C7H13N. The summed E-state index contributed by atoms with van der Waals surface area (Å²) < 4.78 is 0. The summed E-state index contributed by atoms with van der Waals surface area (Å²) in [5, 5.41) is 0. The molecule has 0 saturated carbocycles. The molecule has 0 saturated heterocycles. The molecule has 0 bridgehead atoms. The molecule has 0 N–H and O–H groups in total.